The number of hydrogen-bond acceptors (Lipinski definition) is 3. The molecule has 0 aliphatic rings. The summed E-state index contributed by atoms with van der Waals surface area (Å²) in [7, 11) is 0. The summed E-state index contributed by atoms with van der Waals surface area (Å²) >= 11 is 3.35. The number of nitrogens with zero attached hydrogens (tertiary/aromatic N) is 1. The van der Waals surface area contributed by atoms with Gasteiger partial charge in [0.25, 0.3) is 0 Å². The van der Waals surface area contributed by atoms with Gasteiger partial charge in [-0.3, -0.25) is 4.79 Å². The summed E-state index contributed by atoms with van der Waals surface area (Å²) < 4.78 is 0.928. The average Bonchev–Trinajstić information content (AvgIpc) is 2.28. The van der Waals surface area contributed by atoms with Gasteiger partial charge in [0.1, 0.15) is 6.04 Å². The number of nitrogens with one attached hydrogen (secondary N) is 2. The van der Waals surface area contributed by atoms with Crippen LogP contribution in [0.3, 0.4) is 0 Å². The molecule has 0 saturated carbocycles. The molecule has 5 heteroatoms. The van der Waals surface area contributed by atoms with Gasteiger partial charge in [0.15, 0.2) is 0 Å². The SMILES string of the molecule is CCNC(=O)CC(C#N)Nc1cccc(Br)c1. The minimum Gasteiger partial charge on any atom is -0.369 e. The van der Waals surface area contributed by atoms with Crippen molar-refractivity contribution in [3.05, 3.63) is 28.7 Å². The largest absolute Gasteiger partial charge is 0.369 e. The number of anilines is 1. The summed E-state index contributed by atoms with van der Waals surface area (Å²) in [4.78, 5) is 11.4. The molecule has 0 aliphatic heterocycles. The Kier molecular flexibility index (Phi) is 5.50. The fourth-order valence-electron chi connectivity index (χ4n) is 1.36. The average molecular weight is 296 g/mol. The van der Waals surface area contributed by atoms with Gasteiger partial charge in [-0.15, -0.1) is 0 Å². The molecule has 17 heavy (non-hydrogen) atoms. The topological polar surface area (TPSA) is 64.9 Å². The maximum atomic E-state index is 11.4. The molecule has 0 spiro atoms. The first kappa shape index (κ1) is 13.5. The minimum atomic E-state index is -0.518. The third kappa shape index (κ3) is 4.87. The number of carbonyl (C=O) groups excluding carboxylic acids is 1. The number of rotatable bonds is 5. The molecule has 0 saturated heterocycles. The van der Waals surface area contributed by atoms with Crippen molar-refractivity contribution in [3.8, 4) is 6.07 Å². The first-order chi connectivity index (χ1) is 8.15. The summed E-state index contributed by atoms with van der Waals surface area (Å²) in [6, 6.07) is 9.04. The lowest BCUT2D eigenvalue weighted by molar-refractivity contribution is -0.121. The molecule has 4 nitrogen and oxygen atoms in total. The molecule has 1 atom stereocenters. The summed E-state index contributed by atoms with van der Waals surface area (Å²) in [6.07, 6.45) is 0.150. The van der Waals surface area contributed by atoms with Crippen molar-refractivity contribution in [2.24, 2.45) is 0 Å². The smallest absolute Gasteiger partial charge is 0.223 e. The Bertz CT molecular complexity index is 428. The van der Waals surface area contributed by atoms with Crippen LogP contribution in [0.25, 0.3) is 0 Å². The Balaban J connectivity index is 2.59. The Morgan fingerprint density at radius 2 is 2.35 bits per heavy atom. The summed E-state index contributed by atoms with van der Waals surface area (Å²) in [6.45, 7) is 2.43. The number of carbonyl (C=O) groups is 1. The number of nitriles is 1. The van der Waals surface area contributed by atoms with E-state index in [1.807, 2.05) is 31.2 Å². The van der Waals surface area contributed by atoms with Crippen LogP contribution >= 0.6 is 15.9 Å². The van der Waals surface area contributed by atoms with E-state index >= 15 is 0 Å². The highest BCUT2D eigenvalue weighted by molar-refractivity contribution is 9.10. The standard InChI is InChI=1S/C12H14BrN3O/c1-2-15-12(17)7-11(8-14)16-10-5-3-4-9(13)6-10/h3-6,11,16H,2,7H2,1H3,(H,15,17). The zero-order chi connectivity index (χ0) is 12.7. The van der Waals surface area contributed by atoms with Crippen molar-refractivity contribution in [1.82, 2.24) is 5.32 Å². The van der Waals surface area contributed by atoms with Crippen LogP contribution in [-0.4, -0.2) is 18.5 Å². The number of amides is 1. The first-order valence-electron chi connectivity index (χ1n) is 5.34. The molecule has 0 aliphatic carbocycles. The number of hydrogen-bond donors (Lipinski definition) is 2. The number of halogens is 1. The predicted octanol–water partition coefficient (Wildman–Crippen LogP) is 2.28. The molecule has 1 aromatic rings. The van der Waals surface area contributed by atoms with E-state index in [4.69, 9.17) is 5.26 Å². The molecule has 0 fully saturated rings. The van der Waals surface area contributed by atoms with Crippen LogP contribution in [0.15, 0.2) is 28.7 Å². The third-order valence-electron chi connectivity index (χ3n) is 2.08. The normalized spacial score (nSPS) is 11.4. The predicted molar refractivity (Wildman–Crippen MR) is 70.5 cm³/mol. The van der Waals surface area contributed by atoms with E-state index in [9.17, 15) is 4.79 Å². The Morgan fingerprint density at radius 3 is 2.94 bits per heavy atom. The summed E-state index contributed by atoms with van der Waals surface area (Å²) in [5, 5.41) is 14.6. The molecule has 90 valence electrons. The highest BCUT2D eigenvalue weighted by Gasteiger charge is 2.12. The van der Waals surface area contributed by atoms with Crippen LogP contribution in [0.2, 0.25) is 0 Å². The van der Waals surface area contributed by atoms with Crippen LogP contribution < -0.4 is 10.6 Å². The van der Waals surface area contributed by atoms with Gasteiger partial charge < -0.3 is 10.6 Å². The van der Waals surface area contributed by atoms with Crippen LogP contribution in [0.1, 0.15) is 13.3 Å². The minimum absolute atomic E-state index is 0.124. The van der Waals surface area contributed by atoms with E-state index in [2.05, 4.69) is 32.6 Å². The Hall–Kier alpha value is -1.54. The van der Waals surface area contributed by atoms with Crippen molar-refractivity contribution in [2.45, 2.75) is 19.4 Å². The molecular weight excluding hydrogens is 282 g/mol. The van der Waals surface area contributed by atoms with Gasteiger partial charge >= 0.3 is 0 Å². The van der Waals surface area contributed by atoms with E-state index in [0.717, 1.165) is 10.2 Å². The molecular formula is C12H14BrN3O. The van der Waals surface area contributed by atoms with Crippen molar-refractivity contribution in [1.29, 1.82) is 5.26 Å². The molecule has 1 aromatic carbocycles. The number of benzene rings is 1. The van der Waals surface area contributed by atoms with Gasteiger partial charge in [-0.2, -0.15) is 5.26 Å². The van der Waals surface area contributed by atoms with Crippen molar-refractivity contribution in [2.75, 3.05) is 11.9 Å². The summed E-state index contributed by atoms with van der Waals surface area (Å²) in [5.74, 6) is -0.124. The van der Waals surface area contributed by atoms with Crippen molar-refractivity contribution < 1.29 is 4.79 Å². The lowest BCUT2D eigenvalue weighted by Crippen LogP contribution is -2.30. The molecule has 1 unspecified atom stereocenters. The Labute approximate surface area is 109 Å². The second-order valence-electron chi connectivity index (χ2n) is 3.49. The van der Waals surface area contributed by atoms with Crippen molar-refractivity contribution in [3.63, 3.8) is 0 Å². The lowest BCUT2D eigenvalue weighted by Gasteiger charge is -2.12. The quantitative estimate of drug-likeness (QED) is 0.876. The third-order valence-corrected chi connectivity index (χ3v) is 2.58. The van der Waals surface area contributed by atoms with Gasteiger partial charge in [0, 0.05) is 16.7 Å². The fourth-order valence-corrected chi connectivity index (χ4v) is 1.76. The van der Waals surface area contributed by atoms with Gasteiger partial charge in [-0.1, -0.05) is 22.0 Å². The van der Waals surface area contributed by atoms with Crippen LogP contribution in [-0.2, 0) is 4.79 Å². The molecule has 0 heterocycles. The maximum Gasteiger partial charge on any atom is 0.223 e. The van der Waals surface area contributed by atoms with Gasteiger partial charge in [-0.25, -0.2) is 0 Å². The van der Waals surface area contributed by atoms with E-state index < -0.39 is 6.04 Å². The van der Waals surface area contributed by atoms with Crippen LogP contribution in [0, 0.1) is 11.3 Å². The van der Waals surface area contributed by atoms with Crippen molar-refractivity contribution >= 4 is 27.5 Å². The highest BCUT2D eigenvalue weighted by Crippen LogP contribution is 2.16. The maximum absolute atomic E-state index is 11.4. The van der Waals surface area contributed by atoms with Gasteiger partial charge in [0.2, 0.25) is 5.91 Å². The lowest BCUT2D eigenvalue weighted by atomic mass is 10.2. The molecule has 1 rings (SSSR count). The van der Waals surface area contributed by atoms with E-state index in [0.29, 0.717) is 6.54 Å². The van der Waals surface area contributed by atoms with Gasteiger partial charge in [-0.05, 0) is 25.1 Å². The molecule has 0 bridgehead atoms. The first-order valence-corrected chi connectivity index (χ1v) is 6.13. The zero-order valence-corrected chi connectivity index (χ0v) is 11.1. The monoisotopic (exact) mass is 295 g/mol. The van der Waals surface area contributed by atoms with Crippen LogP contribution in [0.5, 0.6) is 0 Å². The molecule has 2 N–H and O–H groups in total. The van der Waals surface area contributed by atoms with E-state index in [1.165, 1.54) is 0 Å². The second kappa shape index (κ2) is 6.92. The second-order valence-corrected chi connectivity index (χ2v) is 4.41. The highest BCUT2D eigenvalue weighted by atomic mass is 79.9. The van der Waals surface area contributed by atoms with E-state index in [1.54, 1.807) is 0 Å². The fraction of sp³-hybridized carbons (Fsp3) is 0.333. The zero-order valence-electron chi connectivity index (χ0n) is 9.53. The molecule has 0 radical (unpaired) electrons. The molecule has 1 amide bonds. The summed E-state index contributed by atoms with van der Waals surface area (Å²) in [5.41, 5.74) is 0.815. The van der Waals surface area contributed by atoms with Crippen LogP contribution in [0.4, 0.5) is 5.69 Å². The van der Waals surface area contributed by atoms with E-state index in [-0.39, 0.29) is 12.3 Å². The molecule has 0 aromatic heterocycles. The Morgan fingerprint density at radius 1 is 1.59 bits per heavy atom. The van der Waals surface area contributed by atoms with Gasteiger partial charge in [0.05, 0.1) is 12.5 Å².